The van der Waals surface area contributed by atoms with E-state index < -0.39 is 5.97 Å². The molecule has 0 aromatic heterocycles. The molecule has 82 valence electrons. The molecular weight excluding hydrogens is 206 g/mol. The molecule has 0 bridgehead atoms. The molecule has 0 radical (unpaired) electrons. The molecule has 1 aromatic carbocycles. The molecule has 1 N–H and O–H groups in total. The number of carboxylic acid groups (broad SMARTS) is 1. The standard InChI is InChI=1S/C12H11NO3/c1-8-5-11(16-2)4-3-9(8)6-10(7-13)12(14)15/h3-6H,1-2H3,(H,14,15)/b10-6-. The molecule has 0 fully saturated rings. The van der Waals surface area contributed by atoms with E-state index >= 15 is 0 Å². The van der Waals surface area contributed by atoms with Crippen molar-refractivity contribution in [2.75, 3.05) is 7.11 Å². The lowest BCUT2D eigenvalue weighted by Crippen LogP contribution is -1.98. The third-order valence-electron chi connectivity index (χ3n) is 2.13. The fourth-order valence-corrected chi connectivity index (χ4v) is 1.23. The second-order valence-corrected chi connectivity index (χ2v) is 3.20. The van der Waals surface area contributed by atoms with Gasteiger partial charge >= 0.3 is 5.97 Å². The number of benzene rings is 1. The van der Waals surface area contributed by atoms with Crippen LogP contribution in [0, 0.1) is 18.3 Å². The fourth-order valence-electron chi connectivity index (χ4n) is 1.23. The van der Waals surface area contributed by atoms with Gasteiger partial charge in [-0.25, -0.2) is 4.79 Å². The van der Waals surface area contributed by atoms with Crippen LogP contribution in [0.25, 0.3) is 6.08 Å². The van der Waals surface area contributed by atoms with Crippen molar-refractivity contribution in [3.8, 4) is 11.8 Å². The highest BCUT2D eigenvalue weighted by Crippen LogP contribution is 2.19. The minimum absolute atomic E-state index is 0.284. The van der Waals surface area contributed by atoms with Gasteiger partial charge in [0.1, 0.15) is 17.4 Å². The number of carbonyl (C=O) groups is 1. The molecule has 0 saturated heterocycles. The summed E-state index contributed by atoms with van der Waals surface area (Å²) in [7, 11) is 1.56. The summed E-state index contributed by atoms with van der Waals surface area (Å²) in [5, 5.41) is 17.3. The van der Waals surface area contributed by atoms with Gasteiger partial charge in [-0.15, -0.1) is 0 Å². The van der Waals surface area contributed by atoms with Crippen LogP contribution < -0.4 is 4.74 Å². The molecule has 0 spiro atoms. The number of aliphatic carboxylic acids is 1. The monoisotopic (exact) mass is 217 g/mol. The molecule has 4 nitrogen and oxygen atoms in total. The zero-order valence-electron chi connectivity index (χ0n) is 9.02. The van der Waals surface area contributed by atoms with E-state index in [1.807, 2.05) is 6.92 Å². The number of rotatable bonds is 3. The molecule has 0 aliphatic heterocycles. The molecule has 0 unspecified atom stereocenters. The molecule has 0 amide bonds. The van der Waals surface area contributed by atoms with Crippen LogP contribution in [0.2, 0.25) is 0 Å². The topological polar surface area (TPSA) is 70.3 Å². The predicted octanol–water partition coefficient (Wildman–Crippen LogP) is 2.00. The van der Waals surface area contributed by atoms with Crippen molar-refractivity contribution in [2.24, 2.45) is 0 Å². The number of nitriles is 1. The Morgan fingerprint density at radius 2 is 2.25 bits per heavy atom. The molecule has 0 saturated carbocycles. The first-order valence-corrected chi connectivity index (χ1v) is 4.58. The van der Waals surface area contributed by atoms with E-state index in [2.05, 4.69) is 0 Å². The van der Waals surface area contributed by atoms with Crippen molar-refractivity contribution in [3.05, 3.63) is 34.9 Å². The van der Waals surface area contributed by atoms with Gasteiger partial charge in [-0.3, -0.25) is 0 Å². The average Bonchev–Trinajstić information content (AvgIpc) is 2.26. The summed E-state index contributed by atoms with van der Waals surface area (Å²) in [4.78, 5) is 10.7. The van der Waals surface area contributed by atoms with E-state index in [-0.39, 0.29) is 5.57 Å². The second kappa shape index (κ2) is 4.99. The van der Waals surface area contributed by atoms with Crippen molar-refractivity contribution >= 4 is 12.0 Å². The molecular formula is C12H11NO3. The fraction of sp³-hybridized carbons (Fsp3) is 0.167. The van der Waals surface area contributed by atoms with Gasteiger partial charge in [0.25, 0.3) is 0 Å². The van der Waals surface area contributed by atoms with Gasteiger partial charge < -0.3 is 9.84 Å². The summed E-state index contributed by atoms with van der Waals surface area (Å²) in [5.74, 6) is -0.527. The summed E-state index contributed by atoms with van der Waals surface area (Å²) in [5.41, 5.74) is 1.27. The lowest BCUT2D eigenvalue weighted by Gasteiger charge is -2.04. The summed E-state index contributed by atoms with van der Waals surface area (Å²) >= 11 is 0. The Labute approximate surface area is 93.4 Å². The van der Waals surface area contributed by atoms with E-state index in [4.69, 9.17) is 15.1 Å². The summed E-state index contributed by atoms with van der Waals surface area (Å²) in [6, 6.07) is 6.85. The maximum atomic E-state index is 10.7. The molecule has 1 aromatic rings. The Balaban J connectivity index is 3.16. The van der Waals surface area contributed by atoms with Crippen LogP contribution in [0.5, 0.6) is 5.75 Å². The van der Waals surface area contributed by atoms with Gasteiger partial charge in [0.2, 0.25) is 0 Å². The number of aryl methyl sites for hydroxylation is 1. The van der Waals surface area contributed by atoms with Crippen molar-refractivity contribution in [3.63, 3.8) is 0 Å². The van der Waals surface area contributed by atoms with Crippen LogP contribution in [0.4, 0.5) is 0 Å². The van der Waals surface area contributed by atoms with Crippen LogP contribution in [-0.2, 0) is 4.79 Å². The Morgan fingerprint density at radius 1 is 1.56 bits per heavy atom. The minimum atomic E-state index is -1.22. The van der Waals surface area contributed by atoms with Crippen LogP contribution in [-0.4, -0.2) is 18.2 Å². The summed E-state index contributed by atoms with van der Waals surface area (Å²) in [6.07, 6.45) is 1.34. The Hall–Kier alpha value is -2.28. The molecule has 0 aliphatic carbocycles. The van der Waals surface area contributed by atoms with Crippen LogP contribution in [0.1, 0.15) is 11.1 Å². The zero-order valence-corrected chi connectivity index (χ0v) is 9.02. The van der Waals surface area contributed by atoms with E-state index in [1.54, 1.807) is 31.4 Å². The van der Waals surface area contributed by atoms with Crippen molar-refractivity contribution in [2.45, 2.75) is 6.92 Å². The normalized spacial score (nSPS) is 10.7. The largest absolute Gasteiger partial charge is 0.497 e. The summed E-state index contributed by atoms with van der Waals surface area (Å²) < 4.78 is 5.03. The van der Waals surface area contributed by atoms with E-state index in [9.17, 15) is 4.79 Å². The van der Waals surface area contributed by atoms with Gasteiger partial charge in [0.05, 0.1) is 7.11 Å². The maximum absolute atomic E-state index is 10.7. The third-order valence-corrected chi connectivity index (χ3v) is 2.13. The highest BCUT2D eigenvalue weighted by Gasteiger charge is 2.07. The first-order valence-electron chi connectivity index (χ1n) is 4.58. The minimum Gasteiger partial charge on any atom is -0.497 e. The van der Waals surface area contributed by atoms with Crippen molar-refractivity contribution in [1.82, 2.24) is 0 Å². The maximum Gasteiger partial charge on any atom is 0.346 e. The zero-order chi connectivity index (χ0) is 12.1. The smallest absolute Gasteiger partial charge is 0.346 e. The van der Waals surface area contributed by atoms with Gasteiger partial charge in [-0.2, -0.15) is 5.26 Å². The molecule has 0 heterocycles. The number of methoxy groups -OCH3 is 1. The molecule has 4 heteroatoms. The first-order chi connectivity index (χ1) is 7.58. The Morgan fingerprint density at radius 3 is 2.69 bits per heavy atom. The molecule has 0 aliphatic rings. The number of hydrogen-bond donors (Lipinski definition) is 1. The van der Waals surface area contributed by atoms with Crippen molar-refractivity contribution in [1.29, 1.82) is 5.26 Å². The third kappa shape index (κ3) is 2.61. The second-order valence-electron chi connectivity index (χ2n) is 3.20. The average molecular weight is 217 g/mol. The van der Waals surface area contributed by atoms with Crippen LogP contribution in [0.15, 0.2) is 23.8 Å². The summed E-state index contributed by atoms with van der Waals surface area (Å²) in [6.45, 7) is 1.82. The predicted molar refractivity (Wildman–Crippen MR) is 59.0 cm³/mol. The van der Waals surface area contributed by atoms with Gasteiger partial charge in [-0.05, 0) is 36.3 Å². The molecule has 0 atom stereocenters. The number of ether oxygens (including phenoxy) is 1. The first kappa shape index (κ1) is 11.8. The Kier molecular flexibility index (Phi) is 3.67. The number of nitrogens with zero attached hydrogens (tertiary/aromatic N) is 1. The number of carboxylic acids is 1. The Bertz CT molecular complexity index is 484. The molecule has 1 rings (SSSR count). The van der Waals surface area contributed by atoms with Crippen LogP contribution >= 0.6 is 0 Å². The number of hydrogen-bond acceptors (Lipinski definition) is 3. The SMILES string of the molecule is COc1ccc(/C=C(/C#N)C(=O)O)c(C)c1. The van der Waals surface area contributed by atoms with Gasteiger partial charge in [0, 0.05) is 0 Å². The highest BCUT2D eigenvalue weighted by molar-refractivity contribution is 5.96. The van der Waals surface area contributed by atoms with Crippen LogP contribution in [0.3, 0.4) is 0 Å². The quantitative estimate of drug-likeness (QED) is 0.621. The van der Waals surface area contributed by atoms with E-state index in [0.717, 1.165) is 5.56 Å². The van der Waals surface area contributed by atoms with Gasteiger partial charge in [0.15, 0.2) is 0 Å². The van der Waals surface area contributed by atoms with Gasteiger partial charge in [-0.1, -0.05) is 6.07 Å². The van der Waals surface area contributed by atoms with E-state index in [1.165, 1.54) is 6.08 Å². The molecule has 16 heavy (non-hydrogen) atoms. The highest BCUT2D eigenvalue weighted by atomic mass is 16.5. The van der Waals surface area contributed by atoms with E-state index in [0.29, 0.717) is 11.3 Å². The lowest BCUT2D eigenvalue weighted by atomic mass is 10.1. The van der Waals surface area contributed by atoms with Crippen molar-refractivity contribution < 1.29 is 14.6 Å². The lowest BCUT2D eigenvalue weighted by molar-refractivity contribution is -0.132.